The van der Waals surface area contributed by atoms with Crippen molar-refractivity contribution in [3.05, 3.63) is 63.1 Å². The predicted octanol–water partition coefficient (Wildman–Crippen LogP) is 4.75. The Morgan fingerprint density at radius 1 is 1.06 bits per heavy atom. The van der Waals surface area contributed by atoms with Crippen LogP contribution in [0, 0.1) is 0 Å². The van der Waals surface area contributed by atoms with Crippen molar-refractivity contribution >= 4 is 62.3 Å². The number of nitrogens with zero attached hydrogens (tertiary/aromatic N) is 2. The molecule has 0 saturated carbocycles. The maximum absolute atomic E-state index is 13.5. The summed E-state index contributed by atoms with van der Waals surface area (Å²) in [5.74, 6) is -0.921. The second-order valence-electron chi connectivity index (χ2n) is 7.84. The van der Waals surface area contributed by atoms with Gasteiger partial charge in [-0.3, -0.25) is 13.9 Å². The minimum Gasteiger partial charge on any atom is -0.354 e. The van der Waals surface area contributed by atoms with Gasteiger partial charge in [0.05, 0.1) is 17.0 Å². The third-order valence-electron chi connectivity index (χ3n) is 5.09. The number of nitrogens with one attached hydrogen (secondary N) is 1. The summed E-state index contributed by atoms with van der Waals surface area (Å²) in [6.45, 7) is 3.58. The van der Waals surface area contributed by atoms with Crippen LogP contribution in [0.2, 0.25) is 15.1 Å². The summed E-state index contributed by atoms with van der Waals surface area (Å²) in [4.78, 5) is 27.6. The van der Waals surface area contributed by atoms with Crippen LogP contribution in [0.25, 0.3) is 0 Å². The summed E-state index contributed by atoms with van der Waals surface area (Å²) in [7, 11) is -3.91. The molecule has 34 heavy (non-hydrogen) atoms. The van der Waals surface area contributed by atoms with Gasteiger partial charge in [-0.05, 0) is 49.2 Å². The first-order valence-corrected chi connectivity index (χ1v) is 13.7. The summed E-state index contributed by atoms with van der Waals surface area (Å²) in [6, 6.07) is 10.4. The zero-order valence-corrected chi connectivity index (χ0v) is 22.3. The van der Waals surface area contributed by atoms with Crippen molar-refractivity contribution in [1.29, 1.82) is 0 Å². The first kappa shape index (κ1) is 28.2. The Labute approximate surface area is 216 Å². The van der Waals surface area contributed by atoms with Gasteiger partial charge in [-0.15, -0.1) is 0 Å². The lowest BCUT2D eigenvalue weighted by Gasteiger charge is -2.31. The number of benzene rings is 2. The van der Waals surface area contributed by atoms with Crippen LogP contribution in [0.5, 0.6) is 0 Å². The molecule has 0 aliphatic heterocycles. The van der Waals surface area contributed by atoms with E-state index in [0.717, 1.165) is 23.4 Å². The normalized spacial score (nSPS) is 12.2. The van der Waals surface area contributed by atoms with Crippen molar-refractivity contribution in [2.24, 2.45) is 0 Å². The van der Waals surface area contributed by atoms with E-state index in [-0.39, 0.29) is 28.2 Å². The molecule has 2 amide bonds. The molecule has 186 valence electrons. The van der Waals surface area contributed by atoms with Crippen molar-refractivity contribution in [1.82, 2.24) is 10.2 Å². The number of carbonyl (C=O) groups excluding carboxylic acids is 2. The monoisotopic (exact) mass is 547 g/mol. The summed E-state index contributed by atoms with van der Waals surface area (Å²) < 4.78 is 26.1. The summed E-state index contributed by atoms with van der Waals surface area (Å²) in [5.41, 5.74) is 0.772. The molecule has 2 aromatic carbocycles. The first-order chi connectivity index (χ1) is 15.9. The molecule has 0 heterocycles. The summed E-state index contributed by atoms with van der Waals surface area (Å²) >= 11 is 18.4. The molecule has 0 fully saturated rings. The van der Waals surface area contributed by atoms with E-state index in [0.29, 0.717) is 17.1 Å². The van der Waals surface area contributed by atoms with Crippen LogP contribution < -0.4 is 9.62 Å². The topological polar surface area (TPSA) is 86.8 Å². The highest BCUT2D eigenvalue weighted by Gasteiger charge is 2.30. The Morgan fingerprint density at radius 2 is 1.74 bits per heavy atom. The lowest BCUT2D eigenvalue weighted by Crippen LogP contribution is -2.51. The van der Waals surface area contributed by atoms with Gasteiger partial charge >= 0.3 is 0 Å². The molecule has 0 spiro atoms. The highest BCUT2D eigenvalue weighted by molar-refractivity contribution is 7.92. The number of sulfonamides is 1. The maximum atomic E-state index is 13.5. The molecule has 0 aliphatic carbocycles. The van der Waals surface area contributed by atoms with Crippen molar-refractivity contribution in [2.45, 2.75) is 39.3 Å². The molecule has 0 radical (unpaired) electrons. The number of unbranched alkanes of at least 4 members (excludes halogenated alkanes) is 1. The van der Waals surface area contributed by atoms with Crippen molar-refractivity contribution in [2.75, 3.05) is 23.7 Å². The van der Waals surface area contributed by atoms with Gasteiger partial charge in [0.15, 0.2) is 0 Å². The molecule has 2 aromatic rings. The summed E-state index contributed by atoms with van der Waals surface area (Å²) in [6.07, 6.45) is 2.68. The van der Waals surface area contributed by atoms with E-state index in [1.54, 1.807) is 31.2 Å². The van der Waals surface area contributed by atoms with E-state index in [4.69, 9.17) is 34.8 Å². The zero-order chi connectivity index (χ0) is 25.5. The molecule has 0 bridgehead atoms. The lowest BCUT2D eigenvalue weighted by atomic mass is 10.1. The van der Waals surface area contributed by atoms with Crippen LogP contribution >= 0.6 is 34.8 Å². The molecule has 2 rings (SSSR count). The third kappa shape index (κ3) is 8.05. The first-order valence-electron chi connectivity index (χ1n) is 10.7. The van der Waals surface area contributed by atoms with Crippen LogP contribution in [0.15, 0.2) is 42.5 Å². The Balaban J connectivity index is 2.39. The molecule has 1 N–H and O–H groups in total. The second kappa shape index (κ2) is 12.6. The molecular weight excluding hydrogens is 521 g/mol. The molecular formula is C23H28Cl3N3O4S. The maximum Gasteiger partial charge on any atom is 0.244 e. The van der Waals surface area contributed by atoms with Crippen molar-refractivity contribution < 1.29 is 18.0 Å². The molecule has 0 aromatic heterocycles. The van der Waals surface area contributed by atoms with Gasteiger partial charge in [-0.1, -0.05) is 60.3 Å². The molecule has 0 saturated heterocycles. The van der Waals surface area contributed by atoms with Gasteiger partial charge in [0.2, 0.25) is 21.8 Å². The fourth-order valence-corrected chi connectivity index (χ4v) is 4.72. The van der Waals surface area contributed by atoms with Gasteiger partial charge in [0.1, 0.15) is 12.6 Å². The van der Waals surface area contributed by atoms with Crippen LogP contribution in [-0.4, -0.2) is 50.5 Å². The highest BCUT2D eigenvalue weighted by atomic mass is 35.5. The molecule has 11 heteroatoms. The largest absolute Gasteiger partial charge is 0.354 e. The quantitative estimate of drug-likeness (QED) is 0.411. The fourth-order valence-electron chi connectivity index (χ4n) is 3.22. The van der Waals surface area contributed by atoms with E-state index >= 15 is 0 Å². The Kier molecular flexibility index (Phi) is 10.5. The minimum atomic E-state index is -3.91. The zero-order valence-electron chi connectivity index (χ0n) is 19.2. The number of rotatable bonds is 11. The number of hydrogen-bond acceptors (Lipinski definition) is 4. The number of amides is 2. The van der Waals surface area contributed by atoms with Crippen molar-refractivity contribution in [3.8, 4) is 0 Å². The van der Waals surface area contributed by atoms with Gasteiger partial charge in [-0.25, -0.2) is 8.42 Å². The van der Waals surface area contributed by atoms with E-state index < -0.39 is 28.5 Å². The number of anilines is 1. The Morgan fingerprint density at radius 3 is 2.35 bits per heavy atom. The Bertz CT molecular complexity index is 1130. The number of halogens is 3. The molecule has 1 atom stereocenters. The highest BCUT2D eigenvalue weighted by Crippen LogP contribution is 2.31. The van der Waals surface area contributed by atoms with Gasteiger partial charge in [0.25, 0.3) is 0 Å². The van der Waals surface area contributed by atoms with Gasteiger partial charge in [-0.2, -0.15) is 0 Å². The van der Waals surface area contributed by atoms with E-state index in [1.165, 1.54) is 23.1 Å². The van der Waals surface area contributed by atoms with E-state index in [1.807, 2.05) is 6.92 Å². The van der Waals surface area contributed by atoms with E-state index in [2.05, 4.69) is 5.32 Å². The van der Waals surface area contributed by atoms with Crippen LogP contribution in [-0.2, 0) is 26.2 Å². The minimum absolute atomic E-state index is 0.0582. The molecule has 0 aliphatic rings. The fraction of sp³-hybridized carbons (Fsp3) is 0.391. The van der Waals surface area contributed by atoms with Gasteiger partial charge < -0.3 is 10.2 Å². The molecule has 7 nitrogen and oxygen atoms in total. The Hall–Kier alpha value is -2.00. The van der Waals surface area contributed by atoms with Crippen LogP contribution in [0.4, 0.5) is 5.69 Å². The number of hydrogen-bond donors (Lipinski definition) is 1. The van der Waals surface area contributed by atoms with Gasteiger partial charge in [0, 0.05) is 23.1 Å². The predicted molar refractivity (Wildman–Crippen MR) is 138 cm³/mol. The van der Waals surface area contributed by atoms with Crippen LogP contribution in [0.1, 0.15) is 32.3 Å². The smallest absolute Gasteiger partial charge is 0.244 e. The number of carbonyl (C=O) groups is 2. The lowest BCUT2D eigenvalue weighted by molar-refractivity contribution is -0.139. The van der Waals surface area contributed by atoms with Crippen molar-refractivity contribution in [3.63, 3.8) is 0 Å². The third-order valence-corrected chi connectivity index (χ3v) is 7.01. The average Bonchev–Trinajstić information content (AvgIpc) is 2.76. The second-order valence-corrected chi connectivity index (χ2v) is 11.0. The van der Waals surface area contributed by atoms with E-state index in [9.17, 15) is 18.0 Å². The molecule has 0 unspecified atom stereocenters. The average molecular weight is 549 g/mol. The summed E-state index contributed by atoms with van der Waals surface area (Å²) in [5, 5.41) is 3.68. The van der Waals surface area contributed by atoms with Crippen LogP contribution in [0.3, 0.4) is 0 Å². The standard InChI is InChI=1S/C23H28Cl3N3O4S/c1-4-5-11-27-23(31)16(2)28(14-17-7-6-8-18(24)12-17)22(30)15-29(34(3,32)33)21-13-19(25)9-10-20(21)26/h6-10,12-13,16H,4-5,11,14-15H2,1-3H3,(H,27,31)/t16-/m0/s1. The SMILES string of the molecule is CCCCNC(=O)[C@H](C)N(Cc1cccc(Cl)c1)C(=O)CN(c1cc(Cl)ccc1Cl)S(C)(=O)=O.